The molecule has 1 aliphatic rings. The Morgan fingerprint density at radius 1 is 0.868 bits per heavy atom. The van der Waals surface area contributed by atoms with Crippen molar-refractivity contribution in [3.63, 3.8) is 0 Å². The predicted octanol–water partition coefficient (Wildman–Crippen LogP) is 5.30. The van der Waals surface area contributed by atoms with Gasteiger partial charge in [0.05, 0.1) is 28.3 Å². The van der Waals surface area contributed by atoms with Crippen LogP contribution in [0, 0.1) is 5.92 Å². The summed E-state index contributed by atoms with van der Waals surface area (Å²) in [6, 6.07) is 25.7. The first-order valence-electron chi connectivity index (χ1n) is 13.2. The number of para-hydroxylation sites is 1. The van der Waals surface area contributed by atoms with E-state index < -0.39 is 11.9 Å². The minimum Gasteiger partial charge on any atom is -0.481 e. The Kier molecular flexibility index (Phi) is 7.63. The Hall–Kier alpha value is -4.26. The summed E-state index contributed by atoms with van der Waals surface area (Å²) in [6.45, 7) is 4.64. The van der Waals surface area contributed by atoms with Crippen LogP contribution in [0.15, 0.2) is 78.9 Å². The number of carbonyl (C=O) groups excluding carboxylic acids is 1. The van der Waals surface area contributed by atoms with Crippen LogP contribution >= 0.6 is 0 Å². The third-order valence-corrected chi connectivity index (χ3v) is 7.19. The van der Waals surface area contributed by atoms with Crippen molar-refractivity contribution in [1.82, 2.24) is 14.9 Å². The summed E-state index contributed by atoms with van der Waals surface area (Å²) in [7, 11) is 0. The first-order chi connectivity index (χ1) is 18.5. The molecule has 1 fully saturated rings. The number of nitrogens with zero attached hydrogens (tertiary/aromatic N) is 4. The average Bonchev–Trinajstić information content (AvgIpc) is 2.97. The molecule has 0 radical (unpaired) electrons. The second-order valence-corrected chi connectivity index (χ2v) is 9.83. The predicted molar refractivity (Wildman–Crippen MR) is 149 cm³/mol. The molecule has 7 heteroatoms. The average molecular weight is 509 g/mol. The lowest BCUT2D eigenvalue weighted by Crippen LogP contribution is -2.48. The van der Waals surface area contributed by atoms with Gasteiger partial charge in [-0.3, -0.25) is 9.59 Å². The molecule has 0 aliphatic carbocycles. The van der Waals surface area contributed by atoms with Crippen LogP contribution in [0.1, 0.15) is 35.8 Å². The Labute approximate surface area is 222 Å². The van der Waals surface area contributed by atoms with E-state index in [1.807, 2.05) is 71.6 Å². The van der Waals surface area contributed by atoms with Crippen molar-refractivity contribution >= 4 is 28.6 Å². The lowest BCUT2D eigenvalue weighted by molar-refractivity contribution is -0.141. The van der Waals surface area contributed by atoms with Gasteiger partial charge in [0.15, 0.2) is 0 Å². The normalized spacial score (nSPS) is 14.4. The fraction of sp³-hybridized carbons (Fsp3) is 0.290. The lowest BCUT2D eigenvalue weighted by Gasteiger charge is -2.36. The van der Waals surface area contributed by atoms with Crippen molar-refractivity contribution in [3.8, 4) is 11.3 Å². The van der Waals surface area contributed by atoms with Crippen molar-refractivity contribution in [2.24, 2.45) is 5.92 Å². The molecule has 2 heterocycles. The maximum atomic E-state index is 13.4. The van der Waals surface area contributed by atoms with E-state index in [0.29, 0.717) is 43.4 Å². The van der Waals surface area contributed by atoms with E-state index in [0.717, 1.165) is 35.6 Å². The maximum Gasteiger partial charge on any atom is 0.306 e. The van der Waals surface area contributed by atoms with Gasteiger partial charge in [0, 0.05) is 43.0 Å². The molecule has 1 atom stereocenters. The zero-order valence-corrected chi connectivity index (χ0v) is 21.6. The molecule has 7 nitrogen and oxygen atoms in total. The Balaban J connectivity index is 1.37. The van der Waals surface area contributed by atoms with Crippen LogP contribution in [-0.4, -0.2) is 58.0 Å². The van der Waals surface area contributed by atoms with Gasteiger partial charge in [0.25, 0.3) is 5.91 Å². The van der Waals surface area contributed by atoms with E-state index in [1.165, 1.54) is 5.69 Å². The summed E-state index contributed by atoms with van der Waals surface area (Å²) < 4.78 is 0. The third-order valence-electron chi connectivity index (χ3n) is 7.19. The number of carboxylic acid groups (broad SMARTS) is 1. The van der Waals surface area contributed by atoms with Gasteiger partial charge in [-0.15, -0.1) is 0 Å². The quantitative estimate of drug-likeness (QED) is 0.347. The Morgan fingerprint density at radius 3 is 2.24 bits per heavy atom. The second-order valence-electron chi connectivity index (χ2n) is 9.83. The first kappa shape index (κ1) is 25.4. The Morgan fingerprint density at radius 2 is 1.55 bits per heavy atom. The van der Waals surface area contributed by atoms with Gasteiger partial charge in [-0.25, -0.2) is 9.97 Å². The lowest BCUT2D eigenvalue weighted by atomic mass is 10.0. The fourth-order valence-electron chi connectivity index (χ4n) is 4.91. The number of carboxylic acids is 1. The molecular weight excluding hydrogens is 476 g/mol. The topological polar surface area (TPSA) is 86.6 Å². The molecule has 5 rings (SSSR count). The molecule has 1 aromatic heterocycles. The molecule has 0 saturated carbocycles. The number of amides is 1. The number of aromatic nitrogens is 2. The highest BCUT2D eigenvalue weighted by molar-refractivity contribution is 5.97. The van der Waals surface area contributed by atoms with E-state index in [1.54, 1.807) is 6.92 Å². The van der Waals surface area contributed by atoms with Crippen LogP contribution in [0.5, 0.6) is 0 Å². The largest absolute Gasteiger partial charge is 0.481 e. The molecule has 0 spiro atoms. The zero-order chi connectivity index (χ0) is 26.5. The Bertz CT molecular complexity index is 1420. The van der Waals surface area contributed by atoms with Crippen LogP contribution < -0.4 is 4.90 Å². The van der Waals surface area contributed by atoms with Gasteiger partial charge in [0.2, 0.25) is 0 Å². The number of fused-ring (bicyclic) bond motifs is 1. The van der Waals surface area contributed by atoms with Crippen LogP contribution in [0.3, 0.4) is 0 Å². The van der Waals surface area contributed by atoms with Crippen LogP contribution in [0.4, 0.5) is 5.69 Å². The van der Waals surface area contributed by atoms with Crippen molar-refractivity contribution in [1.29, 1.82) is 0 Å². The molecule has 3 aromatic carbocycles. The first-order valence-corrected chi connectivity index (χ1v) is 13.2. The van der Waals surface area contributed by atoms with Gasteiger partial charge in [0.1, 0.15) is 0 Å². The molecule has 1 aliphatic heterocycles. The van der Waals surface area contributed by atoms with E-state index in [-0.39, 0.29) is 5.91 Å². The zero-order valence-electron chi connectivity index (χ0n) is 21.6. The van der Waals surface area contributed by atoms with E-state index in [9.17, 15) is 14.7 Å². The summed E-state index contributed by atoms with van der Waals surface area (Å²) >= 11 is 0. The number of anilines is 1. The third kappa shape index (κ3) is 5.67. The van der Waals surface area contributed by atoms with Crippen LogP contribution in [0.2, 0.25) is 0 Å². The number of rotatable bonds is 8. The number of piperazine rings is 1. The second kappa shape index (κ2) is 11.4. The molecule has 0 bridgehead atoms. The number of benzene rings is 3. The molecule has 1 saturated heterocycles. The van der Waals surface area contributed by atoms with E-state index in [4.69, 9.17) is 9.97 Å². The van der Waals surface area contributed by atoms with Gasteiger partial charge in [-0.05, 0) is 49.6 Å². The number of hydrogen-bond acceptors (Lipinski definition) is 5. The highest BCUT2D eigenvalue weighted by atomic mass is 16.4. The van der Waals surface area contributed by atoms with Crippen molar-refractivity contribution in [2.45, 2.75) is 26.2 Å². The van der Waals surface area contributed by atoms with Crippen molar-refractivity contribution in [2.75, 3.05) is 31.1 Å². The summed E-state index contributed by atoms with van der Waals surface area (Å²) in [4.78, 5) is 38.7. The molecule has 4 aromatic rings. The summed E-state index contributed by atoms with van der Waals surface area (Å²) in [5, 5.41) is 9.25. The highest BCUT2D eigenvalue weighted by Crippen LogP contribution is 2.26. The molecule has 38 heavy (non-hydrogen) atoms. The summed E-state index contributed by atoms with van der Waals surface area (Å²) in [6.07, 6.45) is 1.87. The van der Waals surface area contributed by atoms with Gasteiger partial charge in [-0.2, -0.15) is 0 Å². The monoisotopic (exact) mass is 508 g/mol. The molecule has 1 amide bonds. The maximum absolute atomic E-state index is 13.4. The van der Waals surface area contributed by atoms with Gasteiger partial charge < -0.3 is 14.9 Å². The molecule has 194 valence electrons. The van der Waals surface area contributed by atoms with Gasteiger partial charge in [-0.1, -0.05) is 55.5 Å². The molecular formula is C31H32N4O3. The van der Waals surface area contributed by atoms with Crippen molar-refractivity contribution in [3.05, 3.63) is 90.1 Å². The van der Waals surface area contributed by atoms with Crippen LogP contribution in [0.25, 0.3) is 22.3 Å². The number of aliphatic carboxylic acids is 1. The number of hydrogen-bond donors (Lipinski definition) is 1. The van der Waals surface area contributed by atoms with E-state index >= 15 is 0 Å². The summed E-state index contributed by atoms with van der Waals surface area (Å²) in [5.41, 5.74) is 5.80. The molecule has 1 N–H and O–H groups in total. The van der Waals surface area contributed by atoms with Gasteiger partial charge >= 0.3 is 5.97 Å². The van der Waals surface area contributed by atoms with Crippen molar-refractivity contribution < 1.29 is 14.7 Å². The summed E-state index contributed by atoms with van der Waals surface area (Å²) in [5.74, 6) is -1.19. The smallest absolute Gasteiger partial charge is 0.306 e. The standard InChI is InChI=1S/C31H32N4O3/c1-22(31(37)38)9-8-14-27-29(23-10-4-2-5-11-23)33-26-16-15-24(21-28(26)32-27)30(36)35-19-17-34(18-20-35)25-12-6-3-7-13-25/h2-7,10-13,15-16,21-22H,8-9,14,17-20H2,1H3,(H,37,38). The molecule has 1 unspecified atom stereocenters. The number of carbonyl (C=O) groups is 2. The minimum absolute atomic E-state index is 0.00498. The highest BCUT2D eigenvalue weighted by Gasteiger charge is 2.23. The fourth-order valence-corrected chi connectivity index (χ4v) is 4.91. The number of aryl methyl sites for hydroxylation is 1. The van der Waals surface area contributed by atoms with Crippen LogP contribution in [-0.2, 0) is 11.2 Å². The SMILES string of the molecule is CC(CCCc1nc2cc(C(=O)N3CCN(c4ccccc4)CC3)ccc2nc1-c1ccccc1)C(=O)O. The van der Waals surface area contributed by atoms with E-state index in [2.05, 4.69) is 17.0 Å². The minimum atomic E-state index is -0.786.